The molecule has 21 heavy (non-hydrogen) atoms. The third kappa shape index (κ3) is 2.97. The van der Waals surface area contributed by atoms with Crippen molar-refractivity contribution in [1.29, 1.82) is 0 Å². The van der Waals surface area contributed by atoms with Crippen LogP contribution in [0.5, 0.6) is 0 Å². The second-order valence-electron chi connectivity index (χ2n) is 4.63. The molecule has 1 amide bonds. The second kappa shape index (κ2) is 5.58. The van der Waals surface area contributed by atoms with Crippen molar-refractivity contribution in [2.24, 2.45) is 0 Å². The molecule has 0 aliphatic carbocycles. The molecule has 0 saturated heterocycles. The number of carbonyl (C=O) groups is 1. The van der Waals surface area contributed by atoms with Crippen LogP contribution < -0.4 is 5.32 Å². The van der Waals surface area contributed by atoms with E-state index in [1.54, 1.807) is 13.1 Å². The number of carbonyl (C=O) groups excluding carboxylic acids is 1. The van der Waals surface area contributed by atoms with E-state index in [1.807, 2.05) is 42.5 Å². The number of hydrogen-bond donors (Lipinski definition) is 2. The van der Waals surface area contributed by atoms with Crippen LogP contribution in [0.15, 0.2) is 54.9 Å². The van der Waals surface area contributed by atoms with Gasteiger partial charge in [-0.05, 0) is 31.2 Å². The van der Waals surface area contributed by atoms with E-state index in [2.05, 4.69) is 20.3 Å². The normalized spacial score (nSPS) is 10.3. The molecule has 5 nitrogen and oxygen atoms in total. The zero-order valence-electron chi connectivity index (χ0n) is 11.5. The minimum atomic E-state index is -0.214. The lowest BCUT2D eigenvalue weighted by molar-refractivity contribution is 0.102. The van der Waals surface area contributed by atoms with Gasteiger partial charge in [0.2, 0.25) is 0 Å². The SMILES string of the molecule is Cc1ncc(C(=O)Nc2cccc(-c3ccccn3)c2)[nH]1. The predicted octanol–water partition coefficient (Wildman–Crippen LogP) is 3.03. The fourth-order valence-corrected chi connectivity index (χ4v) is 2.02. The highest BCUT2D eigenvalue weighted by atomic mass is 16.1. The summed E-state index contributed by atoms with van der Waals surface area (Å²) in [7, 11) is 0. The summed E-state index contributed by atoms with van der Waals surface area (Å²) in [6, 6.07) is 13.3. The average Bonchev–Trinajstić information content (AvgIpc) is 2.95. The molecule has 3 rings (SSSR count). The molecule has 0 radical (unpaired) electrons. The molecule has 5 heteroatoms. The summed E-state index contributed by atoms with van der Waals surface area (Å²) in [5.74, 6) is 0.496. The lowest BCUT2D eigenvalue weighted by Gasteiger charge is -2.06. The molecule has 0 unspecified atom stereocenters. The Morgan fingerprint density at radius 3 is 2.76 bits per heavy atom. The van der Waals surface area contributed by atoms with Gasteiger partial charge in [0.05, 0.1) is 11.9 Å². The summed E-state index contributed by atoms with van der Waals surface area (Å²) < 4.78 is 0. The first-order valence-corrected chi connectivity index (χ1v) is 6.57. The van der Waals surface area contributed by atoms with E-state index in [4.69, 9.17) is 0 Å². The number of hydrogen-bond acceptors (Lipinski definition) is 3. The Balaban J connectivity index is 1.82. The van der Waals surface area contributed by atoms with Crippen molar-refractivity contribution in [2.45, 2.75) is 6.92 Å². The van der Waals surface area contributed by atoms with E-state index in [1.165, 1.54) is 6.20 Å². The number of aromatic nitrogens is 3. The zero-order valence-corrected chi connectivity index (χ0v) is 11.5. The molecule has 0 aliphatic heterocycles. The first-order chi connectivity index (χ1) is 10.2. The van der Waals surface area contributed by atoms with Crippen LogP contribution >= 0.6 is 0 Å². The fourth-order valence-electron chi connectivity index (χ4n) is 2.02. The third-order valence-corrected chi connectivity index (χ3v) is 3.03. The molecular weight excluding hydrogens is 264 g/mol. The van der Waals surface area contributed by atoms with Crippen LogP contribution in [0, 0.1) is 6.92 Å². The molecule has 3 aromatic rings. The van der Waals surface area contributed by atoms with Gasteiger partial charge in [-0.2, -0.15) is 0 Å². The summed E-state index contributed by atoms with van der Waals surface area (Å²) in [5.41, 5.74) is 2.98. The van der Waals surface area contributed by atoms with Gasteiger partial charge in [-0.15, -0.1) is 0 Å². The maximum atomic E-state index is 12.1. The molecule has 104 valence electrons. The first-order valence-electron chi connectivity index (χ1n) is 6.57. The number of benzene rings is 1. The van der Waals surface area contributed by atoms with Crippen molar-refractivity contribution in [2.75, 3.05) is 5.32 Å². The zero-order chi connectivity index (χ0) is 14.7. The van der Waals surface area contributed by atoms with Gasteiger partial charge in [-0.3, -0.25) is 9.78 Å². The van der Waals surface area contributed by atoms with Gasteiger partial charge in [0.1, 0.15) is 11.5 Å². The predicted molar refractivity (Wildman–Crippen MR) is 81.0 cm³/mol. The number of pyridine rings is 1. The highest BCUT2D eigenvalue weighted by molar-refractivity contribution is 6.03. The Labute approximate surface area is 122 Å². The number of anilines is 1. The van der Waals surface area contributed by atoms with Crippen molar-refractivity contribution in [1.82, 2.24) is 15.0 Å². The Morgan fingerprint density at radius 1 is 1.14 bits per heavy atom. The number of imidazole rings is 1. The van der Waals surface area contributed by atoms with Gasteiger partial charge in [0.15, 0.2) is 0 Å². The lowest BCUT2D eigenvalue weighted by atomic mass is 10.1. The van der Waals surface area contributed by atoms with Gasteiger partial charge < -0.3 is 10.3 Å². The van der Waals surface area contributed by atoms with Gasteiger partial charge in [0, 0.05) is 17.4 Å². The Morgan fingerprint density at radius 2 is 2.05 bits per heavy atom. The number of aromatic amines is 1. The number of nitrogens with one attached hydrogen (secondary N) is 2. The van der Waals surface area contributed by atoms with Crippen LogP contribution in [0.25, 0.3) is 11.3 Å². The maximum absolute atomic E-state index is 12.1. The van der Waals surface area contributed by atoms with Crippen LogP contribution in [0.2, 0.25) is 0 Å². The highest BCUT2D eigenvalue weighted by Gasteiger charge is 2.09. The Bertz CT molecular complexity index is 765. The molecule has 0 atom stereocenters. The van der Waals surface area contributed by atoms with Crippen LogP contribution in [0.1, 0.15) is 16.3 Å². The monoisotopic (exact) mass is 278 g/mol. The minimum Gasteiger partial charge on any atom is -0.338 e. The molecule has 1 aromatic carbocycles. The van der Waals surface area contributed by atoms with Gasteiger partial charge in [-0.25, -0.2) is 4.98 Å². The molecule has 0 aliphatic rings. The van der Waals surface area contributed by atoms with Crippen LogP contribution in [0.3, 0.4) is 0 Å². The number of H-pyrrole nitrogens is 1. The standard InChI is InChI=1S/C16H14N4O/c1-11-18-10-15(19-11)16(21)20-13-6-4-5-12(9-13)14-7-2-3-8-17-14/h2-10H,1H3,(H,18,19)(H,20,21). The molecule has 0 fully saturated rings. The van der Waals surface area contributed by atoms with Crippen LogP contribution in [-0.2, 0) is 0 Å². The lowest BCUT2D eigenvalue weighted by Crippen LogP contribution is -2.12. The number of nitrogens with zero attached hydrogens (tertiary/aromatic N) is 2. The molecule has 2 N–H and O–H groups in total. The molecular formula is C16H14N4O. The molecule has 0 saturated carbocycles. The smallest absolute Gasteiger partial charge is 0.273 e. The first kappa shape index (κ1) is 13.1. The van der Waals surface area contributed by atoms with Gasteiger partial charge in [0.25, 0.3) is 5.91 Å². The topological polar surface area (TPSA) is 70.7 Å². The number of amides is 1. The quantitative estimate of drug-likeness (QED) is 0.773. The second-order valence-corrected chi connectivity index (χ2v) is 4.63. The van der Waals surface area contributed by atoms with Crippen molar-refractivity contribution < 1.29 is 4.79 Å². The fraction of sp³-hybridized carbons (Fsp3) is 0.0625. The van der Waals surface area contributed by atoms with Crippen molar-refractivity contribution in [3.8, 4) is 11.3 Å². The van der Waals surface area contributed by atoms with Crippen molar-refractivity contribution >= 4 is 11.6 Å². The minimum absolute atomic E-state index is 0.214. The number of aryl methyl sites for hydroxylation is 1. The van der Waals surface area contributed by atoms with E-state index in [0.717, 1.165) is 16.9 Å². The average molecular weight is 278 g/mol. The summed E-state index contributed by atoms with van der Waals surface area (Å²) in [6.45, 7) is 1.80. The molecule has 2 heterocycles. The van der Waals surface area contributed by atoms with Gasteiger partial charge in [-0.1, -0.05) is 18.2 Å². The van der Waals surface area contributed by atoms with E-state index < -0.39 is 0 Å². The Hall–Kier alpha value is -2.95. The maximum Gasteiger partial charge on any atom is 0.273 e. The van der Waals surface area contributed by atoms with Crippen molar-refractivity contribution in [3.05, 3.63) is 66.4 Å². The summed E-state index contributed by atoms with van der Waals surface area (Å²) in [6.07, 6.45) is 3.27. The van der Waals surface area contributed by atoms with E-state index in [-0.39, 0.29) is 5.91 Å². The summed E-state index contributed by atoms with van der Waals surface area (Å²) in [5, 5.41) is 2.84. The van der Waals surface area contributed by atoms with Crippen molar-refractivity contribution in [3.63, 3.8) is 0 Å². The largest absolute Gasteiger partial charge is 0.338 e. The van der Waals surface area contributed by atoms with E-state index in [9.17, 15) is 4.79 Å². The molecule has 0 spiro atoms. The summed E-state index contributed by atoms with van der Waals surface area (Å²) in [4.78, 5) is 23.3. The third-order valence-electron chi connectivity index (χ3n) is 3.03. The Kier molecular flexibility index (Phi) is 3.47. The van der Waals surface area contributed by atoms with Crippen LogP contribution in [0.4, 0.5) is 5.69 Å². The van der Waals surface area contributed by atoms with Crippen LogP contribution in [-0.4, -0.2) is 20.9 Å². The van der Waals surface area contributed by atoms with E-state index in [0.29, 0.717) is 11.5 Å². The number of rotatable bonds is 3. The molecule has 2 aromatic heterocycles. The highest BCUT2D eigenvalue weighted by Crippen LogP contribution is 2.20. The van der Waals surface area contributed by atoms with E-state index >= 15 is 0 Å². The van der Waals surface area contributed by atoms with Gasteiger partial charge >= 0.3 is 0 Å². The summed E-state index contributed by atoms with van der Waals surface area (Å²) >= 11 is 0. The molecule has 0 bridgehead atoms.